The van der Waals surface area contributed by atoms with E-state index in [-0.39, 0.29) is 24.0 Å². The number of hydrogen-bond donors (Lipinski definition) is 2. The largest absolute Gasteiger partial charge is 0.493 e. The van der Waals surface area contributed by atoms with Gasteiger partial charge in [-0.25, -0.2) is 0 Å². The predicted molar refractivity (Wildman–Crippen MR) is 134 cm³/mol. The van der Waals surface area contributed by atoms with Crippen molar-refractivity contribution in [2.24, 2.45) is 4.99 Å². The van der Waals surface area contributed by atoms with Crippen molar-refractivity contribution in [3.8, 4) is 5.75 Å². The molecule has 7 heteroatoms. The zero-order chi connectivity index (χ0) is 20.2. The van der Waals surface area contributed by atoms with Crippen molar-refractivity contribution in [2.75, 3.05) is 60.0 Å². The number of nitrogens with zero attached hydrogens (tertiary/aromatic N) is 3. The summed E-state index contributed by atoms with van der Waals surface area (Å²) >= 11 is 0. The first-order valence-corrected chi connectivity index (χ1v) is 10.7. The molecule has 166 valence electrons. The van der Waals surface area contributed by atoms with Crippen LogP contribution < -0.4 is 15.4 Å². The minimum atomic E-state index is 0. The third kappa shape index (κ3) is 10.00. The van der Waals surface area contributed by atoms with Gasteiger partial charge in [-0.05, 0) is 64.5 Å². The molecule has 6 nitrogen and oxygen atoms in total. The molecule has 2 rings (SSSR count). The van der Waals surface area contributed by atoms with Crippen molar-refractivity contribution in [1.29, 1.82) is 0 Å². The summed E-state index contributed by atoms with van der Waals surface area (Å²) in [5.41, 5.74) is 2.38. The summed E-state index contributed by atoms with van der Waals surface area (Å²) in [7, 11) is 4.04. The van der Waals surface area contributed by atoms with Crippen LogP contribution in [0, 0.1) is 6.92 Å². The topological polar surface area (TPSA) is 52.1 Å². The summed E-state index contributed by atoms with van der Waals surface area (Å²) in [5.74, 6) is 1.81. The fourth-order valence-electron chi connectivity index (χ4n) is 3.39. The van der Waals surface area contributed by atoms with Crippen LogP contribution in [0.3, 0.4) is 0 Å². The van der Waals surface area contributed by atoms with Crippen LogP contribution >= 0.6 is 24.0 Å². The molecule has 0 saturated carbocycles. The molecule has 0 radical (unpaired) electrons. The summed E-state index contributed by atoms with van der Waals surface area (Å²) in [6.45, 7) is 12.5. The van der Waals surface area contributed by atoms with Gasteiger partial charge >= 0.3 is 0 Å². The van der Waals surface area contributed by atoms with E-state index in [9.17, 15) is 0 Å². The van der Waals surface area contributed by atoms with Crippen LogP contribution in [0.4, 0.5) is 0 Å². The van der Waals surface area contributed by atoms with Gasteiger partial charge in [-0.2, -0.15) is 0 Å². The molecule has 1 saturated heterocycles. The van der Waals surface area contributed by atoms with E-state index in [4.69, 9.17) is 4.74 Å². The minimum absolute atomic E-state index is 0. The molecule has 1 aliphatic heterocycles. The van der Waals surface area contributed by atoms with Gasteiger partial charge in [0.1, 0.15) is 5.75 Å². The second-order valence-corrected chi connectivity index (χ2v) is 7.66. The van der Waals surface area contributed by atoms with E-state index in [1.54, 1.807) is 0 Å². The van der Waals surface area contributed by atoms with Crippen LogP contribution in [0.5, 0.6) is 5.75 Å². The number of nitrogens with one attached hydrogen (secondary N) is 2. The molecule has 0 bridgehead atoms. The first-order valence-electron chi connectivity index (χ1n) is 10.7. The lowest BCUT2D eigenvalue weighted by Crippen LogP contribution is -2.38. The lowest BCUT2D eigenvalue weighted by Gasteiger charge is -2.20. The standard InChI is InChI=1S/C22H39N5O.HI/c1-5-16-28-21-17-19(2)8-9-20(21)18-25-22(23-3)24-10-6-12-27-13-7-11-26(4)14-15-27;/h8-9,17H,5-7,10-16,18H2,1-4H3,(H2,23,24,25);1H. The fraction of sp³-hybridized carbons (Fsp3) is 0.682. The Kier molecular flexibility index (Phi) is 13.3. The summed E-state index contributed by atoms with van der Waals surface area (Å²) in [6.07, 6.45) is 3.41. The second kappa shape index (κ2) is 14.8. The molecule has 0 amide bonds. The zero-order valence-electron chi connectivity index (χ0n) is 18.7. The van der Waals surface area contributed by atoms with Crippen LogP contribution in [0.2, 0.25) is 0 Å². The average Bonchev–Trinajstić information content (AvgIpc) is 2.91. The maximum Gasteiger partial charge on any atom is 0.191 e. The molecular formula is C22H40IN5O. The Morgan fingerprint density at radius 3 is 2.76 bits per heavy atom. The van der Waals surface area contributed by atoms with E-state index in [1.807, 2.05) is 7.05 Å². The Morgan fingerprint density at radius 1 is 1.17 bits per heavy atom. The number of benzene rings is 1. The molecule has 2 N–H and O–H groups in total. The van der Waals surface area contributed by atoms with Gasteiger partial charge in [0.05, 0.1) is 6.61 Å². The first kappa shape index (κ1) is 26.0. The second-order valence-electron chi connectivity index (χ2n) is 7.66. The molecular weight excluding hydrogens is 477 g/mol. The lowest BCUT2D eigenvalue weighted by atomic mass is 10.1. The van der Waals surface area contributed by atoms with E-state index >= 15 is 0 Å². The van der Waals surface area contributed by atoms with Crippen molar-refractivity contribution in [3.05, 3.63) is 29.3 Å². The smallest absolute Gasteiger partial charge is 0.191 e. The highest BCUT2D eigenvalue weighted by molar-refractivity contribution is 14.0. The summed E-state index contributed by atoms with van der Waals surface area (Å²) in [6, 6.07) is 6.38. The third-order valence-corrected chi connectivity index (χ3v) is 5.11. The average molecular weight is 518 g/mol. The normalized spacial score (nSPS) is 16.1. The quantitative estimate of drug-likeness (QED) is 0.228. The predicted octanol–water partition coefficient (Wildman–Crippen LogP) is 3.09. The number of rotatable bonds is 9. The third-order valence-electron chi connectivity index (χ3n) is 5.11. The molecule has 1 fully saturated rings. The van der Waals surface area contributed by atoms with Crippen LogP contribution in [0.25, 0.3) is 0 Å². The fourth-order valence-corrected chi connectivity index (χ4v) is 3.39. The van der Waals surface area contributed by atoms with E-state index in [0.29, 0.717) is 6.54 Å². The highest BCUT2D eigenvalue weighted by atomic mass is 127. The van der Waals surface area contributed by atoms with Gasteiger partial charge in [-0.1, -0.05) is 19.1 Å². The molecule has 0 aliphatic carbocycles. The number of halogens is 1. The van der Waals surface area contributed by atoms with Crippen molar-refractivity contribution < 1.29 is 4.74 Å². The molecule has 1 aromatic rings. The molecule has 0 atom stereocenters. The molecule has 0 unspecified atom stereocenters. The van der Waals surface area contributed by atoms with Crippen molar-refractivity contribution in [3.63, 3.8) is 0 Å². The van der Waals surface area contributed by atoms with Crippen molar-refractivity contribution >= 4 is 29.9 Å². The number of ether oxygens (including phenoxy) is 1. The van der Waals surface area contributed by atoms with Gasteiger partial charge in [-0.15, -0.1) is 24.0 Å². The maximum atomic E-state index is 5.91. The van der Waals surface area contributed by atoms with Crippen molar-refractivity contribution in [2.45, 2.75) is 39.7 Å². The Morgan fingerprint density at radius 2 is 2.00 bits per heavy atom. The van der Waals surface area contributed by atoms with E-state index in [1.165, 1.54) is 38.2 Å². The van der Waals surface area contributed by atoms with Gasteiger partial charge < -0.3 is 25.2 Å². The highest BCUT2D eigenvalue weighted by Gasteiger charge is 2.11. The lowest BCUT2D eigenvalue weighted by molar-refractivity contribution is 0.274. The Labute approximate surface area is 194 Å². The first-order chi connectivity index (χ1) is 13.6. The zero-order valence-corrected chi connectivity index (χ0v) is 21.0. The maximum absolute atomic E-state index is 5.91. The van der Waals surface area contributed by atoms with Crippen LogP contribution in [0.1, 0.15) is 37.3 Å². The number of hydrogen-bond acceptors (Lipinski definition) is 4. The van der Waals surface area contributed by atoms with E-state index < -0.39 is 0 Å². The summed E-state index contributed by atoms with van der Waals surface area (Å²) in [4.78, 5) is 9.35. The Balaban J connectivity index is 0.00000420. The Hall–Kier alpha value is -1.06. The van der Waals surface area contributed by atoms with E-state index in [0.717, 1.165) is 49.8 Å². The number of aryl methyl sites for hydroxylation is 1. The SMILES string of the molecule is CCCOc1cc(C)ccc1CNC(=NC)NCCCN1CCCN(C)CC1.I. The van der Waals surface area contributed by atoms with Crippen LogP contribution in [-0.4, -0.2) is 75.7 Å². The molecule has 0 spiro atoms. The number of guanidine groups is 1. The summed E-state index contributed by atoms with van der Waals surface area (Å²) in [5, 5.41) is 6.85. The molecule has 29 heavy (non-hydrogen) atoms. The van der Waals surface area contributed by atoms with Crippen molar-refractivity contribution in [1.82, 2.24) is 20.4 Å². The summed E-state index contributed by atoms with van der Waals surface area (Å²) < 4.78 is 5.91. The van der Waals surface area contributed by atoms with Gasteiger partial charge in [-0.3, -0.25) is 4.99 Å². The minimum Gasteiger partial charge on any atom is -0.493 e. The molecule has 1 aromatic carbocycles. The van der Waals surface area contributed by atoms with Gasteiger partial charge in [0.2, 0.25) is 0 Å². The van der Waals surface area contributed by atoms with Gasteiger partial charge in [0.25, 0.3) is 0 Å². The van der Waals surface area contributed by atoms with Gasteiger partial charge in [0.15, 0.2) is 5.96 Å². The molecule has 0 aromatic heterocycles. The number of aliphatic imine (C=N–C) groups is 1. The molecule has 1 aliphatic rings. The van der Waals surface area contributed by atoms with E-state index in [2.05, 4.69) is 64.5 Å². The van der Waals surface area contributed by atoms with Gasteiger partial charge in [0, 0.05) is 38.8 Å². The van der Waals surface area contributed by atoms with Crippen LogP contribution in [0.15, 0.2) is 23.2 Å². The number of likely N-dealkylation sites (N-methyl/N-ethyl adjacent to an activating group) is 1. The monoisotopic (exact) mass is 517 g/mol. The highest BCUT2D eigenvalue weighted by Crippen LogP contribution is 2.20. The van der Waals surface area contributed by atoms with Crippen LogP contribution in [-0.2, 0) is 6.54 Å². The Bertz CT molecular complexity index is 611. The molecule has 1 heterocycles.